The Hall–Kier alpha value is -3.28. The van der Waals surface area contributed by atoms with E-state index in [0.29, 0.717) is 11.5 Å². The minimum atomic E-state index is -0.434. The molecule has 0 aliphatic heterocycles. The van der Waals surface area contributed by atoms with Gasteiger partial charge in [-0.05, 0) is 38.7 Å². The molecule has 0 bridgehead atoms. The summed E-state index contributed by atoms with van der Waals surface area (Å²) in [5.74, 6) is 0.302. The molecule has 3 aromatic carbocycles. The Morgan fingerprint density at radius 1 is 0.706 bits per heavy atom. The number of carbonyl (C=O) groups excluding carboxylic acids is 2. The van der Waals surface area contributed by atoms with E-state index < -0.39 is 11.9 Å². The van der Waals surface area contributed by atoms with Crippen LogP contribution < -0.4 is 9.47 Å². The Morgan fingerprint density at radius 3 is 1.68 bits per heavy atom. The van der Waals surface area contributed by atoms with Crippen molar-refractivity contribution in [3.63, 3.8) is 0 Å². The molecule has 6 heteroatoms. The third-order valence-corrected chi connectivity index (χ3v) is 5.16. The molecule has 0 saturated carbocycles. The van der Waals surface area contributed by atoms with E-state index in [-0.39, 0.29) is 30.8 Å². The van der Waals surface area contributed by atoms with Gasteiger partial charge in [0, 0.05) is 21.5 Å². The SMILES string of the molecule is CC(C)OC(=O)COc1c2ccccc2c(OCC(=O)OC(C)C)c2c(C(C)(C)C)cccc12. The fraction of sp³-hybridized carbons (Fsp3) is 0.429. The quantitative estimate of drug-likeness (QED) is 0.302. The molecular weight excluding hydrogens is 432 g/mol. The van der Waals surface area contributed by atoms with Crippen LogP contribution in [-0.4, -0.2) is 37.4 Å². The van der Waals surface area contributed by atoms with Crippen molar-refractivity contribution < 1.29 is 28.5 Å². The zero-order valence-corrected chi connectivity index (χ0v) is 21.1. The number of rotatable bonds is 8. The van der Waals surface area contributed by atoms with Crippen LogP contribution in [0.3, 0.4) is 0 Å². The van der Waals surface area contributed by atoms with Crippen molar-refractivity contribution in [1.29, 1.82) is 0 Å². The number of carbonyl (C=O) groups is 2. The third-order valence-electron chi connectivity index (χ3n) is 5.16. The highest BCUT2D eigenvalue weighted by atomic mass is 16.6. The van der Waals surface area contributed by atoms with Crippen LogP contribution in [0.5, 0.6) is 11.5 Å². The van der Waals surface area contributed by atoms with E-state index in [0.717, 1.165) is 27.1 Å². The second-order valence-corrected chi connectivity index (χ2v) is 9.84. The Labute approximate surface area is 201 Å². The van der Waals surface area contributed by atoms with Crippen molar-refractivity contribution in [2.45, 2.75) is 66.1 Å². The molecule has 0 aliphatic carbocycles. The molecule has 0 atom stereocenters. The summed E-state index contributed by atoms with van der Waals surface area (Å²) < 4.78 is 22.7. The highest BCUT2D eigenvalue weighted by Gasteiger charge is 2.25. The summed E-state index contributed by atoms with van der Waals surface area (Å²) in [6.45, 7) is 13.1. The summed E-state index contributed by atoms with van der Waals surface area (Å²) in [6, 6.07) is 13.6. The minimum Gasteiger partial charge on any atom is -0.481 e. The van der Waals surface area contributed by atoms with Gasteiger partial charge in [0.15, 0.2) is 13.2 Å². The molecule has 182 valence electrons. The Kier molecular flexibility index (Phi) is 7.70. The Balaban J connectivity index is 2.21. The molecule has 3 rings (SSSR count). The predicted octanol–water partition coefficient (Wildman–Crippen LogP) is 5.95. The number of hydrogen-bond donors (Lipinski definition) is 0. The maximum Gasteiger partial charge on any atom is 0.344 e. The molecule has 0 aliphatic rings. The molecule has 0 heterocycles. The van der Waals surface area contributed by atoms with Crippen LogP contribution in [0.25, 0.3) is 21.5 Å². The zero-order valence-electron chi connectivity index (χ0n) is 21.1. The molecule has 0 amide bonds. The standard InChI is InChI=1S/C28H34O6/c1-17(2)33-23(29)15-31-26-19-11-8-9-12-20(19)27(32-16-24(30)34-18(3)4)25-21(26)13-10-14-22(25)28(5,6)7/h8-14,17-18H,15-16H2,1-7H3. The summed E-state index contributed by atoms with van der Waals surface area (Å²) in [5, 5.41) is 3.22. The molecular formula is C28H34O6. The average molecular weight is 467 g/mol. The molecule has 0 aromatic heterocycles. The van der Waals surface area contributed by atoms with Crippen molar-refractivity contribution in [1.82, 2.24) is 0 Å². The van der Waals surface area contributed by atoms with Crippen LogP contribution in [0.4, 0.5) is 0 Å². The molecule has 6 nitrogen and oxygen atoms in total. The van der Waals surface area contributed by atoms with Crippen LogP contribution in [0.2, 0.25) is 0 Å². The van der Waals surface area contributed by atoms with Crippen LogP contribution in [0.15, 0.2) is 42.5 Å². The summed E-state index contributed by atoms with van der Waals surface area (Å²) in [6.07, 6.45) is -0.449. The number of hydrogen-bond acceptors (Lipinski definition) is 6. The molecule has 0 spiro atoms. The molecule has 3 aromatic rings. The Bertz CT molecular complexity index is 1190. The zero-order chi connectivity index (χ0) is 25.0. The van der Waals surface area contributed by atoms with E-state index in [1.807, 2.05) is 42.5 Å². The van der Waals surface area contributed by atoms with E-state index in [1.54, 1.807) is 27.7 Å². The molecule has 0 unspecified atom stereocenters. The lowest BCUT2D eigenvalue weighted by Crippen LogP contribution is -2.20. The molecule has 0 saturated heterocycles. The van der Waals surface area contributed by atoms with Crippen molar-refractivity contribution in [2.24, 2.45) is 0 Å². The fourth-order valence-electron chi connectivity index (χ4n) is 3.93. The van der Waals surface area contributed by atoms with Gasteiger partial charge in [0.05, 0.1) is 12.2 Å². The first-order valence-electron chi connectivity index (χ1n) is 11.6. The third kappa shape index (κ3) is 5.79. The van der Waals surface area contributed by atoms with E-state index in [1.165, 1.54) is 0 Å². The van der Waals surface area contributed by atoms with Crippen molar-refractivity contribution in [2.75, 3.05) is 13.2 Å². The van der Waals surface area contributed by atoms with Gasteiger partial charge < -0.3 is 18.9 Å². The van der Waals surface area contributed by atoms with Crippen LogP contribution in [-0.2, 0) is 24.5 Å². The average Bonchev–Trinajstić information content (AvgIpc) is 2.73. The summed E-state index contributed by atoms with van der Waals surface area (Å²) >= 11 is 0. The second kappa shape index (κ2) is 10.3. The van der Waals surface area contributed by atoms with Gasteiger partial charge in [-0.25, -0.2) is 9.59 Å². The van der Waals surface area contributed by atoms with Gasteiger partial charge >= 0.3 is 11.9 Å². The number of fused-ring (bicyclic) bond motifs is 2. The van der Waals surface area contributed by atoms with Gasteiger partial charge in [-0.3, -0.25) is 0 Å². The first-order valence-corrected chi connectivity index (χ1v) is 11.6. The predicted molar refractivity (Wildman–Crippen MR) is 134 cm³/mol. The summed E-state index contributed by atoms with van der Waals surface area (Å²) in [7, 11) is 0. The summed E-state index contributed by atoms with van der Waals surface area (Å²) in [4.78, 5) is 24.5. The van der Waals surface area contributed by atoms with E-state index in [2.05, 4.69) is 20.8 Å². The van der Waals surface area contributed by atoms with Crippen molar-refractivity contribution in [3.8, 4) is 11.5 Å². The molecule has 0 fully saturated rings. The molecule has 0 N–H and O–H groups in total. The van der Waals surface area contributed by atoms with Gasteiger partial charge in [-0.1, -0.05) is 63.2 Å². The Morgan fingerprint density at radius 2 is 1.18 bits per heavy atom. The highest BCUT2D eigenvalue weighted by molar-refractivity contribution is 6.12. The maximum absolute atomic E-state index is 12.3. The highest BCUT2D eigenvalue weighted by Crippen LogP contribution is 2.46. The van der Waals surface area contributed by atoms with Gasteiger partial charge in [-0.2, -0.15) is 0 Å². The van der Waals surface area contributed by atoms with E-state index in [4.69, 9.17) is 18.9 Å². The first kappa shape index (κ1) is 25.3. The van der Waals surface area contributed by atoms with Gasteiger partial charge in [-0.15, -0.1) is 0 Å². The molecule has 34 heavy (non-hydrogen) atoms. The van der Waals surface area contributed by atoms with Gasteiger partial charge in [0.2, 0.25) is 0 Å². The largest absolute Gasteiger partial charge is 0.481 e. The fourth-order valence-corrected chi connectivity index (χ4v) is 3.93. The van der Waals surface area contributed by atoms with Crippen LogP contribution >= 0.6 is 0 Å². The van der Waals surface area contributed by atoms with Crippen molar-refractivity contribution in [3.05, 3.63) is 48.0 Å². The lowest BCUT2D eigenvalue weighted by molar-refractivity contribution is -0.150. The van der Waals surface area contributed by atoms with Crippen molar-refractivity contribution >= 4 is 33.5 Å². The summed E-state index contributed by atoms with van der Waals surface area (Å²) in [5.41, 5.74) is 0.824. The number of esters is 2. The van der Waals surface area contributed by atoms with Crippen LogP contribution in [0.1, 0.15) is 54.0 Å². The monoisotopic (exact) mass is 466 g/mol. The molecule has 0 radical (unpaired) electrons. The van der Waals surface area contributed by atoms with E-state index >= 15 is 0 Å². The smallest absolute Gasteiger partial charge is 0.344 e. The number of ether oxygens (including phenoxy) is 4. The van der Waals surface area contributed by atoms with E-state index in [9.17, 15) is 9.59 Å². The lowest BCUT2D eigenvalue weighted by atomic mass is 9.82. The maximum atomic E-state index is 12.3. The number of benzene rings is 3. The minimum absolute atomic E-state index is 0.210. The van der Waals surface area contributed by atoms with Gasteiger partial charge in [0.1, 0.15) is 11.5 Å². The van der Waals surface area contributed by atoms with Crippen LogP contribution in [0, 0.1) is 0 Å². The first-order chi connectivity index (χ1) is 16.0. The second-order valence-electron chi connectivity index (χ2n) is 9.84. The normalized spacial score (nSPS) is 11.8. The topological polar surface area (TPSA) is 71.1 Å². The van der Waals surface area contributed by atoms with Gasteiger partial charge in [0.25, 0.3) is 0 Å². The lowest BCUT2D eigenvalue weighted by Gasteiger charge is -2.25.